The highest BCUT2D eigenvalue weighted by Crippen LogP contribution is 2.21. The third-order valence-electron chi connectivity index (χ3n) is 2.89. The van der Waals surface area contributed by atoms with E-state index in [1.54, 1.807) is 31.4 Å². The Bertz CT molecular complexity index is 590. The fourth-order valence-corrected chi connectivity index (χ4v) is 1.83. The molecule has 0 saturated carbocycles. The molecular formula is C15H15F2NO2. The number of methoxy groups -OCH3 is 1. The predicted molar refractivity (Wildman–Crippen MR) is 72.8 cm³/mol. The highest BCUT2D eigenvalue weighted by molar-refractivity contribution is 5.48. The van der Waals surface area contributed by atoms with Crippen LogP contribution in [0.5, 0.6) is 5.75 Å². The monoisotopic (exact) mass is 279 g/mol. The summed E-state index contributed by atoms with van der Waals surface area (Å²) in [4.78, 5) is 0. The lowest BCUT2D eigenvalue weighted by Gasteiger charge is -2.14. The minimum atomic E-state index is -1.07. The zero-order chi connectivity index (χ0) is 14.5. The SMILES string of the molecule is COc1cccc(NCC(O)c2ccc(F)cc2F)c1. The minimum absolute atomic E-state index is 0.0572. The number of aliphatic hydroxyl groups excluding tert-OH is 1. The van der Waals surface area contributed by atoms with Crippen LogP contribution >= 0.6 is 0 Å². The van der Waals surface area contributed by atoms with Gasteiger partial charge in [0.1, 0.15) is 17.4 Å². The Kier molecular flexibility index (Phi) is 4.53. The van der Waals surface area contributed by atoms with Crippen LogP contribution in [0.25, 0.3) is 0 Å². The molecule has 0 fully saturated rings. The Morgan fingerprint density at radius 3 is 2.70 bits per heavy atom. The van der Waals surface area contributed by atoms with Gasteiger partial charge in [-0.2, -0.15) is 0 Å². The summed E-state index contributed by atoms with van der Waals surface area (Å²) in [6.45, 7) is 0.107. The molecule has 106 valence electrons. The number of halogens is 2. The summed E-state index contributed by atoms with van der Waals surface area (Å²) < 4.78 is 31.4. The van der Waals surface area contributed by atoms with Crippen LogP contribution in [-0.2, 0) is 0 Å². The number of anilines is 1. The molecule has 2 aromatic carbocycles. The van der Waals surface area contributed by atoms with Gasteiger partial charge in [-0.3, -0.25) is 0 Å². The Balaban J connectivity index is 2.02. The lowest BCUT2D eigenvalue weighted by molar-refractivity contribution is 0.186. The molecule has 0 heterocycles. The first kappa shape index (κ1) is 14.3. The molecule has 0 amide bonds. The first-order valence-electron chi connectivity index (χ1n) is 6.11. The third kappa shape index (κ3) is 3.45. The van der Waals surface area contributed by atoms with E-state index in [9.17, 15) is 13.9 Å². The summed E-state index contributed by atoms with van der Waals surface area (Å²) >= 11 is 0. The molecule has 1 unspecified atom stereocenters. The number of nitrogens with one attached hydrogen (secondary N) is 1. The number of hydrogen-bond acceptors (Lipinski definition) is 3. The van der Waals surface area contributed by atoms with E-state index in [-0.39, 0.29) is 12.1 Å². The fourth-order valence-electron chi connectivity index (χ4n) is 1.83. The molecule has 0 spiro atoms. The molecule has 0 aliphatic rings. The molecule has 0 radical (unpaired) electrons. The molecular weight excluding hydrogens is 264 g/mol. The Morgan fingerprint density at radius 1 is 1.20 bits per heavy atom. The molecule has 0 aromatic heterocycles. The van der Waals surface area contributed by atoms with Crippen molar-refractivity contribution in [1.82, 2.24) is 0 Å². The molecule has 1 atom stereocenters. The van der Waals surface area contributed by atoms with E-state index in [2.05, 4.69) is 5.32 Å². The van der Waals surface area contributed by atoms with Gasteiger partial charge >= 0.3 is 0 Å². The van der Waals surface area contributed by atoms with Crippen molar-refractivity contribution >= 4 is 5.69 Å². The van der Waals surface area contributed by atoms with Crippen LogP contribution in [0.4, 0.5) is 14.5 Å². The normalized spacial score (nSPS) is 12.0. The van der Waals surface area contributed by atoms with Crippen LogP contribution in [0.2, 0.25) is 0 Å². The van der Waals surface area contributed by atoms with Crippen molar-refractivity contribution in [2.45, 2.75) is 6.10 Å². The zero-order valence-electron chi connectivity index (χ0n) is 10.9. The average molecular weight is 279 g/mol. The van der Waals surface area contributed by atoms with Crippen LogP contribution in [0.3, 0.4) is 0 Å². The fraction of sp³-hybridized carbons (Fsp3) is 0.200. The van der Waals surface area contributed by atoms with Crippen molar-refractivity contribution in [2.75, 3.05) is 19.0 Å². The van der Waals surface area contributed by atoms with E-state index < -0.39 is 17.7 Å². The molecule has 5 heteroatoms. The van der Waals surface area contributed by atoms with Crippen molar-refractivity contribution < 1.29 is 18.6 Å². The second-order valence-electron chi connectivity index (χ2n) is 4.29. The highest BCUT2D eigenvalue weighted by atomic mass is 19.1. The first-order chi connectivity index (χ1) is 9.60. The second-order valence-corrected chi connectivity index (χ2v) is 4.29. The Hall–Kier alpha value is -2.14. The van der Waals surface area contributed by atoms with Gasteiger partial charge in [0.05, 0.1) is 13.2 Å². The summed E-state index contributed by atoms with van der Waals surface area (Å²) in [6, 6.07) is 10.3. The average Bonchev–Trinajstić information content (AvgIpc) is 2.45. The summed E-state index contributed by atoms with van der Waals surface area (Å²) in [6.07, 6.45) is -1.07. The van der Waals surface area contributed by atoms with Gasteiger partial charge in [0.2, 0.25) is 0 Å². The lowest BCUT2D eigenvalue weighted by atomic mass is 10.1. The molecule has 20 heavy (non-hydrogen) atoms. The summed E-state index contributed by atoms with van der Waals surface area (Å²) in [5.74, 6) is -0.749. The van der Waals surface area contributed by atoms with Crippen molar-refractivity contribution in [1.29, 1.82) is 0 Å². The van der Waals surface area contributed by atoms with Crippen molar-refractivity contribution in [3.8, 4) is 5.75 Å². The topological polar surface area (TPSA) is 41.5 Å². The standard InChI is InChI=1S/C15H15F2NO2/c1-20-12-4-2-3-11(8-12)18-9-15(19)13-6-5-10(16)7-14(13)17/h2-8,15,18-19H,9H2,1H3. The van der Waals surface area contributed by atoms with Gasteiger partial charge in [-0.15, -0.1) is 0 Å². The van der Waals surface area contributed by atoms with Gasteiger partial charge in [-0.05, 0) is 18.2 Å². The molecule has 3 nitrogen and oxygen atoms in total. The number of hydrogen-bond donors (Lipinski definition) is 2. The maximum atomic E-state index is 13.5. The van der Waals surface area contributed by atoms with E-state index in [0.717, 1.165) is 17.8 Å². The van der Waals surface area contributed by atoms with Gasteiger partial charge in [-0.25, -0.2) is 8.78 Å². The van der Waals surface area contributed by atoms with Gasteiger partial charge in [-0.1, -0.05) is 12.1 Å². The molecule has 0 aliphatic heterocycles. The first-order valence-corrected chi connectivity index (χ1v) is 6.11. The quantitative estimate of drug-likeness (QED) is 0.883. The van der Waals surface area contributed by atoms with E-state index in [0.29, 0.717) is 5.75 Å². The summed E-state index contributed by atoms with van der Waals surface area (Å²) in [5, 5.41) is 12.9. The van der Waals surface area contributed by atoms with Crippen molar-refractivity contribution in [3.05, 3.63) is 59.7 Å². The number of benzene rings is 2. The summed E-state index contributed by atoms with van der Waals surface area (Å²) in [7, 11) is 1.56. The largest absolute Gasteiger partial charge is 0.497 e. The van der Waals surface area contributed by atoms with Crippen LogP contribution in [0.15, 0.2) is 42.5 Å². The molecule has 0 bridgehead atoms. The molecule has 2 rings (SSSR count). The molecule has 2 N–H and O–H groups in total. The Labute approximate surface area is 115 Å². The maximum Gasteiger partial charge on any atom is 0.131 e. The van der Waals surface area contributed by atoms with Gasteiger partial charge in [0, 0.05) is 29.9 Å². The van der Waals surface area contributed by atoms with Crippen LogP contribution in [-0.4, -0.2) is 18.8 Å². The maximum absolute atomic E-state index is 13.5. The summed E-state index contributed by atoms with van der Waals surface area (Å²) in [5.41, 5.74) is 0.799. The number of ether oxygens (including phenoxy) is 1. The van der Waals surface area contributed by atoms with Gasteiger partial charge in [0.25, 0.3) is 0 Å². The zero-order valence-corrected chi connectivity index (χ0v) is 10.9. The number of aliphatic hydroxyl groups is 1. The van der Waals surface area contributed by atoms with Crippen LogP contribution in [0, 0.1) is 11.6 Å². The van der Waals surface area contributed by atoms with Gasteiger partial charge < -0.3 is 15.2 Å². The lowest BCUT2D eigenvalue weighted by Crippen LogP contribution is -2.13. The predicted octanol–water partition coefficient (Wildman–Crippen LogP) is 3.12. The van der Waals surface area contributed by atoms with E-state index in [1.165, 1.54) is 6.07 Å². The smallest absolute Gasteiger partial charge is 0.131 e. The number of rotatable bonds is 5. The van der Waals surface area contributed by atoms with Crippen LogP contribution in [0.1, 0.15) is 11.7 Å². The van der Waals surface area contributed by atoms with E-state index in [4.69, 9.17) is 4.74 Å². The third-order valence-corrected chi connectivity index (χ3v) is 2.89. The van der Waals surface area contributed by atoms with Crippen LogP contribution < -0.4 is 10.1 Å². The van der Waals surface area contributed by atoms with Crippen molar-refractivity contribution in [3.63, 3.8) is 0 Å². The van der Waals surface area contributed by atoms with E-state index >= 15 is 0 Å². The highest BCUT2D eigenvalue weighted by Gasteiger charge is 2.13. The molecule has 0 saturated heterocycles. The van der Waals surface area contributed by atoms with Gasteiger partial charge in [0.15, 0.2) is 0 Å². The second kappa shape index (κ2) is 6.34. The Morgan fingerprint density at radius 2 is 2.00 bits per heavy atom. The van der Waals surface area contributed by atoms with E-state index in [1.807, 2.05) is 0 Å². The van der Waals surface area contributed by atoms with Crippen molar-refractivity contribution in [2.24, 2.45) is 0 Å². The minimum Gasteiger partial charge on any atom is -0.497 e. The molecule has 0 aliphatic carbocycles. The molecule has 2 aromatic rings.